The van der Waals surface area contributed by atoms with Crippen LogP contribution in [0.25, 0.3) is 0 Å². The first-order valence-corrected chi connectivity index (χ1v) is 6.94. The van der Waals surface area contributed by atoms with E-state index in [0.29, 0.717) is 18.3 Å². The average Bonchev–Trinajstić information content (AvgIpc) is 2.25. The second-order valence-electron chi connectivity index (χ2n) is 5.69. The Morgan fingerprint density at radius 1 is 1.28 bits per heavy atom. The molecule has 1 saturated heterocycles. The Balaban J connectivity index is 2.04. The summed E-state index contributed by atoms with van der Waals surface area (Å²) in [5.74, 6) is 1.45. The zero-order valence-corrected chi connectivity index (χ0v) is 11.6. The predicted octanol–water partition coefficient (Wildman–Crippen LogP) is 3.22. The van der Waals surface area contributed by atoms with Crippen molar-refractivity contribution in [1.29, 1.82) is 0 Å². The van der Waals surface area contributed by atoms with Gasteiger partial charge in [0.15, 0.2) is 0 Å². The first kappa shape index (κ1) is 13.1. The van der Waals surface area contributed by atoms with Crippen molar-refractivity contribution in [2.24, 2.45) is 5.92 Å². The molecule has 1 heterocycles. The Hall–Kier alpha value is -1.31. The molecule has 2 nitrogen and oxygen atoms in total. The molecule has 1 aromatic rings. The van der Waals surface area contributed by atoms with Crippen LogP contribution in [0.3, 0.4) is 0 Å². The lowest BCUT2D eigenvalue weighted by Gasteiger charge is -2.31. The number of nitrogens with zero attached hydrogens (tertiary/aromatic N) is 1. The number of rotatable bonds is 4. The van der Waals surface area contributed by atoms with Gasteiger partial charge in [0.1, 0.15) is 0 Å². The highest BCUT2D eigenvalue weighted by Crippen LogP contribution is 2.24. The van der Waals surface area contributed by atoms with Crippen molar-refractivity contribution in [2.75, 3.05) is 13.1 Å². The fourth-order valence-corrected chi connectivity index (χ4v) is 2.22. The first-order valence-electron chi connectivity index (χ1n) is 6.94. The van der Waals surface area contributed by atoms with Gasteiger partial charge in [-0.1, -0.05) is 45.0 Å². The van der Waals surface area contributed by atoms with Gasteiger partial charge in [-0.25, -0.2) is 0 Å². The Morgan fingerprint density at radius 3 is 2.56 bits per heavy atom. The molecule has 0 saturated carbocycles. The summed E-state index contributed by atoms with van der Waals surface area (Å²) in [7, 11) is 0. The van der Waals surface area contributed by atoms with Crippen LogP contribution in [0.5, 0.6) is 0 Å². The van der Waals surface area contributed by atoms with Crippen LogP contribution in [0.15, 0.2) is 24.3 Å². The van der Waals surface area contributed by atoms with Crippen molar-refractivity contribution < 1.29 is 4.79 Å². The molecule has 0 aromatic heterocycles. The summed E-state index contributed by atoms with van der Waals surface area (Å²) >= 11 is 0. The quantitative estimate of drug-likeness (QED) is 0.797. The minimum atomic E-state index is 0.274. The van der Waals surface area contributed by atoms with E-state index in [1.54, 1.807) is 0 Å². The maximum Gasteiger partial charge on any atom is 0.226 e. The van der Waals surface area contributed by atoms with Crippen LogP contribution in [0.1, 0.15) is 44.2 Å². The molecule has 1 aromatic carbocycles. The van der Waals surface area contributed by atoms with Crippen LogP contribution in [-0.2, 0) is 11.2 Å². The van der Waals surface area contributed by atoms with Crippen molar-refractivity contribution in [1.82, 2.24) is 4.90 Å². The third-order valence-corrected chi connectivity index (χ3v) is 4.04. The molecule has 1 atom stereocenters. The average molecular weight is 245 g/mol. The van der Waals surface area contributed by atoms with Gasteiger partial charge < -0.3 is 4.90 Å². The van der Waals surface area contributed by atoms with E-state index in [1.165, 1.54) is 5.56 Å². The summed E-state index contributed by atoms with van der Waals surface area (Å²) in [6, 6.07) is 8.51. The van der Waals surface area contributed by atoms with E-state index in [0.717, 1.165) is 25.1 Å². The summed E-state index contributed by atoms with van der Waals surface area (Å²) in [4.78, 5) is 13.9. The highest BCUT2D eigenvalue weighted by atomic mass is 16.2. The van der Waals surface area contributed by atoms with Crippen molar-refractivity contribution in [2.45, 2.75) is 39.5 Å². The smallest absolute Gasteiger partial charge is 0.226 e. The second kappa shape index (κ2) is 5.55. The molecular weight excluding hydrogens is 222 g/mol. The van der Waals surface area contributed by atoms with E-state index in [1.807, 2.05) is 4.90 Å². The second-order valence-corrected chi connectivity index (χ2v) is 5.69. The van der Waals surface area contributed by atoms with Crippen molar-refractivity contribution in [3.8, 4) is 0 Å². The zero-order chi connectivity index (χ0) is 13.1. The van der Waals surface area contributed by atoms with Gasteiger partial charge in [-0.15, -0.1) is 0 Å². The third-order valence-electron chi connectivity index (χ3n) is 4.04. The number of amides is 1. The Bertz CT molecular complexity index is 421. The number of benzene rings is 1. The normalized spacial score (nSPS) is 16.6. The molecule has 1 aliphatic heterocycles. The molecule has 0 radical (unpaired) electrons. The van der Waals surface area contributed by atoms with E-state index in [4.69, 9.17) is 0 Å². The minimum absolute atomic E-state index is 0.274. The van der Waals surface area contributed by atoms with Crippen LogP contribution in [0, 0.1) is 5.92 Å². The van der Waals surface area contributed by atoms with E-state index in [2.05, 4.69) is 45.0 Å². The summed E-state index contributed by atoms with van der Waals surface area (Å²) in [6.45, 7) is 8.62. The molecule has 1 amide bonds. The predicted molar refractivity (Wildman–Crippen MR) is 74.6 cm³/mol. The van der Waals surface area contributed by atoms with Crippen molar-refractivity contribution in [3.63, 3.8) is 0 Å². The molecular formula is C16H23NO. The van der Waals surface area contributed by atoms with Crippen LogP contribution in [0.2, 0.25) is 0 Å². The van der Waals surface area contributed by atoms with Gasteiger partial charge in [-0.2, -0.15) is 0 Å². The van der Waals surface area contributed by atoms with Crippen molar-refractivity contribution in [3.05, 3.63) is 35.4 Å². The standard InChI is InChI=1S/C16H23NO/c1-12(2)13(3)15-7-4-6-14(10-15)11-16(18)17-8-5-9-17/h4,6-7,10,12-13H,5,8-9,11H2,1-3H3. The molecule has 1 aliphatic rings. The van der Waals surface area contributed by atoms with Gasteiger partial charge in [-0.3, -0.25) is 4.79 Å². The van der Waals surface area contributed by atoms with E-state index in [-0.39, 0.29) is 5.91 Å². The lowest BCUT2D eigenvalue weighted by molar-refractivity contribution is -0.133. The number of carbonyl (C=O) groups excluding carboxylic acids is 1. The van der Waals surface area contributed by atoms with Crippen LogP contribution in [0.4, 0.5) is 0 Å². The SMILES string of the molecule is CC(C)C(C)c1cccc(CC(=O)N2CCC2)c1. The van der Waals surface area contributed by atoms with Crippen molar-refractivity contribution >= 4 is 5.91 Å². The fourth-order valence-electron chi connectivity index (χ4n) is 2.22. The van der Waals surface area contributed by atoms with E-state index >= 15 is 0 Å². The summed E-state index contributed by atoms with van der Waals surface area (Å²) in [5.41, 5.74) is 2.50. The third kappa shape index (κ3) is 2.92. The number of likely N-dealkylation sites (tertiary alicyclic amines) is 1. The Labute approximate surface area is 110 Å². The molecule has 18 heavy (non-hydrogen) atoms. The van der Waals surface area contributed by atoms with Gasteiger partial charge in [0, 0.05) is 13.1 Å². The molecule has 2 rings (SSSR count). The van der Waals surface area contributed by atoms with Gasteiger partial charge in [-0.05, 0) is 29.4 Å². The van der Waals surface area contributed by atoms with E-state index in [9.17, 15) is 4.79 Å². The van der Waals surface area contributed by atoms with Gasteiger partial charge in [0.05, 0.1) is 6.42 Å². The highest BCUT2D eigenvalue weighted by Gasteiger charge is 2.20. The number of hydrogen-bond donors (Lipinski definition) is 0. The zero-order valence-electron chi connectivity index (χ0n) is 11.6. The number of carbonyl (C=O) groups is 1. The summed E-state index contributed by atoms with van der Waals surface area (Å²) in [5, 5.41) is 0. The van der Waals surface area contributed by atoms with Crippen LogP contribution >= 0.6 is 0 Å². The maximum absolute atomic E-state index is 11.9. The van der Waals surface area contributed by atoms with E-state index < -0.39 is 0 Å². The Kier molecular flexibility index (Phi) is 4.05. The maximum atomic E-state index is 11.9. The lowest BCUT2D eigenvalue weighted by Crippen LogP contribution is -2.42. The topological polar surface area (TPSA) is 20.3 Å². The largest absolute Gasteiger partial charge is 0.342 e. The summed E-state index contributed by atoms with van der Waals surface area (Å²) < 4.78 is 0. The molecule has 0 N–H and O–H groups in total. The summed E-state index contributed by atoms with van der Waals surface area (Å²) in [6.07, 6.45) is 1.72. The molecule has 1 unspecified atom stereocenters. The monoisotopic (exact) mass is 245 g/mol. The van der Waals surface area contributed by atoms with Crippen LogP contribution < -0.4 is 0 Å². The molecule has 1 fully saturated rings. The fraction of sp³-hybridized carbons (Fsp3) is 0.562. The molecule has 2 heteroatoms. The minimum Gasteiger partial charge on any atom is -0.342 e. The lowest BCUT2D eigenvalue weighted by atomic mass is 9.89. The molecule has 98 valence electrons. The molecule has 0 spiro atoms. The van der Waals surface area contributed by atoms with Gasteiger partial charge in [0.2, 0.25) is 5.91 Å². The molecule has 0 aliphatic carbocycles. The first-order chi connectivity index (χ1) is 8.58. The van der Waals surface area contributed by atoms with Gasteiger partial charge in [0.25, 0.3) is 0 Å². The molecule has 0 bridgehead atoms. The van der Waals surface area contributed by atoms with Crippen LogP contribution in [-0.4, -0.2) is 23.9 Å². The van der Waals surface area contributed by atoms with Gasteiger partial charge >= 0.3 is 0 Å². The number of hydrogen-bond acceptors (Lipinski definition) is 1. The Morgan fingerprint density at radius 2 is 2.00 bits per heavy atom. The highest BCUT2D eigenvalue weighted by molar-refractivity contribution is 5.79.